The van der Waals surface area contributed by atoms with E-state index in [2.05, 4.69) is 21.1 Å². The van der Waals surface area contributed by atoms with Gasteiger partial charge >= 0.3 is 8.80 Å². The van der Waals surface area contributed by atoms with Crippen molar-refractivity contribution in [2.45, 2.75) is 26.8 Å². The highest BCUT2D eigenvalue weighted by Crippen LogP contribution is 2.17. The summed E-state index contributed by atoms with van der Waals surface area (Å²) in [6.45, 7) is 8.95. The SMILES string of the molecule is CCO[Si](CC[N+](C)(C)C)(OCC)OCC.[Cl-]. The lowest BCUT2D eigenvalue weighted by Crippen LogP contribution is -3.00. The number of hydrogen-bond donors (Lipinski definition) is 0. The van der Waals surface area contributed by atoms with Crippen molar-refractivity contribution in [3.8, 4) is 0 Å². The molecule has 0 aromatic carbocycles. The maximum absolute atomic E-state index is 5.79. The number of rotatable bonds is 9. The first-order valence-electron chi connectivity index (χ1n) is 6.11. The Bertz CT molecular complexity index is 171. The third kappa shape index (κ3) is 8.99. The molecule has 0 aliphatic heterocycles. The number of quaternary nitrogens is 1. The number of halogens is 1. The second-order valence-corrected chi connectivity index (χ2v) is 7.48. The Morgan fingerprint density at radius 3 is 1.41 bits per heavy atom. The normalized spacial score (nSPS) is 12.4. The summed E-state index contributed by atoms with van der Waals surface area (Å²) in [6.07, 6.45) is 0. The van der Waals surface area contributed by atoms with Gasteiger partial charge in [0, 0.05) is 19.8 Å². The molecule has 0 unspecified atom stereocenters. The molecule has 0 spiro atoms. The third-order valence-corrected chi connectivity index (χ3v) is 5.20. The highest BCUT2D eigenvalue weighted by Gasteiger charge is 2.41. The summed E-state index contributed by atoms with van der Waals surface area (Å²) in [7, 11) is 4.09. The van der Waals surface area contributed by atoms with Gasteiger partial charge in [0.15, 0.2) is 0 Å². The Morgan fingerprint density at radius 1 is 0.824 bits per heavy atom. The molecule has 0 saturated heterocycles. The Hall–Kier alpha value is 0.347. The molecule has 0 aromatic rings. The standard InChI is InChI=1S/C11H28NO3Si.ClH/c1-7-13-16(14-8-2,15-9-3)11-10-12(4,5)6;/h7-11H2,1-6H3;1H/q+1;/p-1. The predicted octanol–water partition coefficient (Wildman–Crippen LogP) is -1.25. The summed E-state index contributed by atoms with van der Waals surface area (Å²) in [5.74, 6) is 0. The Kier molecular flexibility index (Phi) is 10.8. The Balaban J connectivity index is 0. The molecular weight excluding hydrogens is 258 g/mol. The summed E-state index contributed by atoms with van der Waals surface area (Å²) < 4.78 is 18.3. The van der Waals surface area contributed by atoms with Crippen molar-refractivity contribution < 1.29 is 30.2 Å². The fourth-order valence-corrected chi connectivity index (χ4v) is 4.42. The van der Waals surface area contributed by atoms with E-state index in [1.165, 1.54) is 0 Å². The first-order chi connectivity index (χ1) is 7.39. The van der Waals surface area contributed by atoms with Gasteiger partial charge in [-0.1, -0.05) is 0 Å². The molecule has 0 rings (SSSR count). The molecule has 0 aromatic heterocycles. The molecule has 6 heteroatoms. The molecule has 0 saturated carbocycles. The molecule has 0 N–H and O–H groups in total. The van der Waals surface area contributed by atoms with Crippen LogP contribution in [-0.2, 0) is 13.3 Å². The van der Waals surface area contributed by atoms with Gasteiger partial charge in [0.2, 0.25) is 0 Å². The van der Waals surface area contributed by atoms with Crippen molar-refractivity contribution in [3.05, 3.63) is 0 Å². The van der Waals surface area contributed by atoms with E-state index in [9.17, 15) is 0 Å². The van der Waals surface area contributed by atoms with Crippen LogP contribution in [0.2, 0.25) is 6.04 Å². The van der Waals surface area contributed by atoms with E-state index in [0.717, 1.165) is 17.1 Å². The van der Waals surface area contributed by atoms with Crippen LogP contribution < -0.4 is 12.4 Å². The van der Waals surface area contributed by atoms with Gasteiger partial charge in [-0.25, -0.2) is 0 Å². The van der Waals surface area contributed by atoms with Crippen molar-refractivity contribution in [2.24, 2.45) is 0 Å². The minimum atomic E-state index is -2.42. The molecule has 0 bridgehead atoms. The van der Waals surface area contributed by atoms with E-state index in [0.29, 0.717) is 19.8 Å². The van der Waals surface area contributed by atoms with Crippen molar-refractivity contribution >= 4 is 8.80 Å². The van der Waals surface area contributed by atoms with E-state index in [1.807, 2.05) is 20.8 Å². The quantitative estimate of drug-likeness (QED) is 0.391. The van der Waals surface area contributed by atoms with Gasteiger partial charge in [-0.3, -0.25) is 0 Å². The van der Waals surface area contributed by atoms with Gasteiger partial charge in [-0.2, -0.15) is 0 Å². The molecule has 0 radical (unpaired) electrons. The second-order valence-electron chi connectivity index (χ2n) is 4.75. The molecule has 0 heterocycles. The lowest BCUT2D eigenvalue weighted by molar-refractivity contribution is -0.868. The average molecular weight is 286 g/mol. The van der Waals surface area contributed by atoms with Gasteiger partial charge in [0.05, 0.1) is 33.7 Å². The maximum atomic E-state index is 5.79. The summed E-state index contributed by atoms with van der Waals surface area (Å²) in [5, 5.41) is 0. The lowest BCUT2D eigenvalue weighted by Gasteiger charge is -2.32. The lowest BCUT2D eigenvalue weighted by atomic mass is 10.6. The molecular formula is C11H28ClNO3Si. The average Bonchev–Trinajstić information content (AvgIpc) is 2.15. The van der Waals surface area contributed by atoms with E-state index in [4.69, 9.17) is 13.3 Å². The highest BCUT2D eigenvalue weighted by molar-refractivity contribution is 6.60. The van der Waals surface area contributed by atoms with Crippen LogP contribution in [0.3, 0.4) is 0 Å². The second kappa shape index (κ2) is 9.30. The fraction of sp³-hybridized carbons (Fsp3) is 1.00. The van der Waals surface area contributed by atoms with E-state index < -0.39 is 8.80 Å². The fourth-order valence-electron chi connectivity index (χ4n) is 1.47. The zero-order valence-electron chi connectivity index (χ0n) is 12.1. The van der Waals surface area contributed by atoms with E-state index in [-0.39, 0.29) is 12.4 Å². The van der Waals surface area contributed by atoms with Crippen molar-refractivity contribution in [2.75, 3.05) is 47.5 Å². The third-order valence-electron chi connectivity index (χ3n) is 2.18. The van der Waals surface area contributed by atoms with Crippen LogP contribution in [0.15, 0.2) is 0 Å². The monoisotopic (exact) mass is 285 g/mol. The van der Waals surface area contributed by atoms with Crippen LogP contribution in [0.25, 0.3) is 0 Å². The van der Waals surface area contributed by atoms with Crippen LogP contribution in [0.5, 0.6) is 0 Å². The van der Waals surface area contributed by atoms with Crippen molar-refractivity contribution in [1.82, 2.24) is 0 Å². The van der Waals surface area contributed by atoms with Gasteiger partial charge in [-0.15, -0.1) is 0 Å². The molecule has 4 nitrogen and oxygen atoms in total. The zero-order chi connectivity index (χ0) is 12.7. The van der Waals surface area contributed by atoms with Crippen LogP contribution in [-0.4, -0.2) is 60.8 Å². The summed E-state index contributed by atoms with van der Waals surface area (Å²) in [5.41, 5.74) is 0. The van der Waals surface area contributed by atoms with Crippen molar-refractivity contribution in [3.63, 3.8) is 0 Å². The molecule has 0 atom stereocenters. The first kappa shape index (κ1) is 19.7. The Morgan fingerprint density at radius 2 is 1.18 bits per heavy atom. The van der Waals surface area contributed by atoms with Gasteiger partial charge < -0.3 is 30.2 Å². The van der Waals surface area contributed by atoms with Gasteiger partial charge in [0.1, 0.15) is 0 Å². The molecule has 0 amide bonds. The molecule has 17 heavy (non-hydrogen) atoms. The van der Waals surface area contributed by atoms with E-state index >= 15 is 0 Å². The predicted molar refractivity (Wildman–Crippen MR) is 68.3 cm³/mol. The Labute approximate surface area is 114 Å². The maximum Gasteiger partial charge on any atom is 0.506 e. The summed E-state index contributed by atoms with van der Waals surface area (Å²) in [4.78, 5) is 0. The minimum Gasteiger partial charge on any atom is -1.00 e. The smallest absolute Gasteiger partial charge is 0.506 e. The van der Waals surface area contributed by atoms with Gasteiger partial charge in [-0.05, 0) is 20.8 Å². The van der Waals surface area contributed by atoms with Crippen LogP contribution in [0.4, 0.5) is 0 Å². The summed E-state index contributed by atoms with van der Waals surface area (Å²) in [6, 6.07) is 0.881. The minimum absolute atomic E-state index is 0. The van der Waals surface area contributed by atoms with Crippen LogP contribution in [0, 0.1) is 0 Å². The van der Waals surface area contributed by atoms with Crippen LogP contribution >= 0.6 is 0 Å². The molecule has 0 aliphatic rings. The molecule has 0 fully saturated rings. The van der Waals surface area contributed by atoms with Crippen molar-refractivity contribution in [1.29, 1.82) is 0 Å². The first-order valence-corrected chi connectivity index (χ1v) is 8.04. The topological polar surface area (TPSA) is 27.7 Å². The van der Waals surface area contributed by atoms with Gasteiger partial charge in [0.25, 0.3) is 0 Å². The summed E-state index contributed by atoms with van der Waals surface area (Å²) >= 11 is 0. The number of hydrogen-bond acceptors (Lipinski definition) is 3. The molecule has 0 aliphatic carbocycles. The largest absolute Gasteiger partial charge is 1.00 e. The zero-order valence-corrected chi connectivity index (χ0v) is 13.8. The molecule has 106 valence electrons. The van der Waals surface area contributed by atoms with Crippen LogP contribution in [0.1, 0.15) is 20.8 Å². The number of nitrogens with zero attached hydrogens (tertiary/aromatic N) is 1. The highest BCUT2D eigenvalue weighted by atomic mass is 35.5. The van der Waals surface area contributed by atoms with E-state index in [1.54, 1.807) is 0 Å².